The first-order chi connectivity index (χ1) is 16.4. The van der Waals surface area contributed by atoms with Crippen LogP contribution in [0.2, 0.25) is 0 Å². The molecule has 162 valence electrons. The van der Waals surface area contributed by atoms with Gasteiger partial charge in [0.15, 0.2) is 0 Å². The van der Waals surface area contributed by atoms with Gasteiger partial charge in [-0.1, -0.05) is 133 Å². The molecule has 4 atom stereocenters. The van der Waals surface area contributed by atoms with Gasteiger partial charge in [0.2, 0.25) is 0 Å². The van der Waals surface area contributed by atoms with Gasteiger partial charge in [0.25, 0.3) is 0 Å². The van der Waals surface area contributed by atoms with Crippen LogP contribution < -0.4 is 21.2 Å². The summed E-state index contributed by atoms with van der Waals surface area (Å²) in [5.74, 6) is 1.34. The summed E-state index contributed by atoms with van der Waals surface area (Å²) in [7, 11) is -0.909. The van der Waals surface area contributed by atoms with Crippen molar-refractivity contribution in [3.05, 3.63) is 133 Å². The molecule has 6 rings (SSSR count). The molecular formula is C31H28P2. The van der Waals surface area contributed by atoms with Gasteiger partial charge in [-0.3, -0.25) is 0 Å². The van der Waals surface area contributed by atoms with Crippen LogP contribution >= 0.6 is 15.8 Å². The summed E-state index contributed by atoms with van der Waals surface area (Å²) in [5, 5.41) is 6.08. The molecule has 2 aliphatic carbocycles. The van der Waals surface area contributed by atoms with Crippen molar-refractivity contribution >= 4 is 37.1 Å². The van der Waals surface area contributed by atoms with Gasteiger partial charge < -0.3 is 0 Å². The number of fused-ring (bicyclic) bond motifs is 2. The first kappa shape index (κ1) is 21.0. The fourth-order valence-corrected chi connectivity index (χ4v) is 12.8. The molecule has 0 aromatic heterocycles. The van der Waals surface area contributed by atoms with Crippen LogP contribution in [0.5, 0.6) is 0 Å². The third-order valence-corrected chi connectivity index (χ3v) is 13.4. The van der Waals surface area contributed by atoms with Gasteiger partial charge in [-0.2, -0.15) is 0 Å². The lowest BCUT2D eigenvalue weighted by Gasteiger charge is -2.40. The maximum Gasteiger partial charge on any atom is 0.00137 e. The lowest BCUT2D eigenvalue weighted by molar-refractivity contribution is 0.695. The van der Waals surface area contributed by atoms with Crippen molar-refractivity contribution in [1.29, 1.82) is 0 Å². The summed E-state index contributed by atoms with van der Waals surface area (Å²) in [5.41, 5.74) is 1.32. The Hall–Kier alpha value is -2.52. The van der Waals surface area contributed by atoms with Gasteiger partial charge in [-0.25, -0.2) is 0 Å². The third kappa shape index (κ3) is 4.01. The van der Waals surface area contributed by atoms with E-state index in [-0.39, 0.29) is 0 Å². The monoisotopic (exact) mass is 462 g/mol. The van der Waals surface area contributed by atoms with Crippen molar-refractivity contribution in [1.82, 2.24) is 0 Å². The van der Waals surface area contributed by atoms with E-state index in [4.69, 9.17) is 0 Å². The van der Waals surface area contributed by atoms with Crippen molar-refractivity contribution in [2.45, 2.75) is 17.7 Å². The first-order valence-electron chi connectivity index (χ1n) is 11.9. The van der Waals surface area contributed by atoms with Crippen molar-refractivity contribution in [3.63, 3.8) is 0 Å². The number of rotatable bonds is 6. The molecule has 2 unspecified atom stereocenters. The second kappa shape index (κ2) is 9.38. The van der Waals surface area contributed by atoms with Crippen LogP contribution in [-0.2, 0) is 0 Å². The molecule has 33 heavy (non-hydrogen) atoms. The van der Waals surface area contributed by atoms with Gasteiger partial charge >= 0.3 is 0 Å². The van der Waals surface area contributed by atoms with Gasteiger partial charge in [-0.15, -0.1) is 0 Å². The van der Waals surface area contributed by atoms with Crippen LogP contribution in [0.25, 0.3) is 0 Å². The number of benzene rings is 4. The van der Waals surface area contributed by atoms with Gasteiger partial charge in [-0.05, 0) is 55.3 Å². The Kier molecular flexibility index (Phi) is 5.98. The molecule has 2 bridgehead atoms. The molecule has 2 aliphatic rings. The molecule has 1 fully saturated rings. The summed E-state index contributed by atoms with van der Waals surface area (Å²) in [4.78, 5) is 0. The van der Waals surface area contributed by atoms with Crippen molar-refractivity contribution < 1.29 is 0 Å². The van der Waals surface area contributed by atoms with E-state index in [2.05, 4.69) is 133 Å². The van der Waals surface area contributed by atoms with Crippen LogP contribution in [-0.4, -0.2) is 11.3 Å². The van der Waals surface area contributed by atoms with Gasteiger partial charge in [0.1, 0.15) is 0 Å². The summed E-state index contributed by atoms with van der Waals surface area (Å²) < 4.78 is 0. The van der Waals surface area contributed by atoms with E-state index in [1.165, 1.54) is 27.6 Å². The normalized spacial score (nSPS) is 23.5. The van der Waals surface area contributed by atoms with E-state index >= 15 is 0 Å². The molecule has 0 aliphatic heterocycles. The molecule has 0 heterocycles. The average Bonchev–Trinajstić information content (AvgIpc) is 3.50. The SMILES string of the molecule is C1=C[C@@H]2CC1C(P(c1ccccc1)c1ccccc1)[C@H]2P(c1ccccc1)c1ccccc1. The van der Waals surface area contributed by atoms with Crippen LogP contribution in [0.15, 0.2) is 133 Å². The number of hydrogen-bond acceptors (Lipinski definition) is 0. The Morgan fingerprint density at radius 1 is 0.394 bits per heavy atom. The molecule has 0 amide bonds. The lowest BCUT2D eigenvalue weighted by atomic mass is 10.1. The van der Waals surface area contributed by atoms with Crippen molar-refractivity contribution in [2.24, 2.45) is 11.8 Å². The summed E-state index contributed by atoms with van der Waals surface area (Å²) >= 11 is 0. The zero-order valence-corrected chi connectivity index (χ0v) is 20.4. The zero-order chi connectivity index (χ0) is 22.0. The van der Waals surface area contributed by atoms with E-state index in [9.17, 15) is 0 Å². The first-order valence-corrected chi connectivity index (χ1v) is 14.7. The van der Waals surface area contributed by atoms with E-state index in [1.54, 1.807) is 0 Å². The predicted molar refractivity (Wildman–Crippen MR) is 146 cm³/mol. The van der Waals surface area contributed by atoms with Gasteiger partial charge in [0.05, 0.1) is 0 Å². The van der Waals surface area contributed by atoms with E-state index < -0.39 is 15.8 Å². The Bertz CT molecular complexity index is 1030. The maximum absolute atomic E-state index is 2.55. The smallest absolute Gasteiger partial charge is 0.00137 e. The Labute approximate surface area is 199 Å². The lowest BCUT2D eigenvalue weighted by Crippen LogP contribution is -2.37. The molecular weight excluding hydrogens is 434 g/mol. The number of hydrogen-bond donors (Lipinski definition) is 0. The molecule has 0 saturated heterocycles. The highest BCUT2D eigenvalue weighted by atomic mass is 31.1. The highest BCUT2D eigenvalue weighted by molar-refractivity contribution is 7.77. The predicted octanol–water partition coefficient (Wildman–Crippen LogP) is 6.20. The molecule has 0 N–H and O–H groups in total. The Morgan fingerprint density at radius 3 is 0.939 bits per heavy atom. The highest BCUT2D eigenvalue weighted by Crippen LogP contribution is 2.64. The fourth-order valence-electron chi connectivity index (χ4n) is 5.80. The fraction of sp³-hybridized carbons (Fsp3) is 0.161. The Balaban J connectivity index is 1.52. The molecule has 1 saturated carbocycles. The van der Waals surface area contributed by atoms with Gasteiger partial charge in [0, 0.05) is 11.3 Å². The Morgan fingerprint density at radius 2 is 0.667 bits per heavy atom. The third-order valence-electron chi connectivity index (χ3n) is 7.11. The van der Waals surface area contributed by atoms with E-state index in [1.807, 2.05) is 0 Å². The van der Waals surface area contributed by atoms with Crippen LogP contribution in [0, 0.1) is 11.8 Å². The minimum Gasteiger partial charge on any atom is -0.0844 e. The summed E-state index contributed by atoms with van der Waals surface area (Å²) in [6.07, 6.45) is 6.42. The minimum atomic E-state index is -0.454. The average molecular weight is 463 g/mol. The topological polar surface area (TPSA) is 0 Å². The molecule has 0 nitrogen and oxygen atoms in total. The summed E-state index contributed by atoms with van der Waals surface area (Å²) in [6.45, 7) is 0. The summed E-state index contributed by atoms with van der Waals surface area (Å²) in [6, 6.07) is 45.4. The van der Waals surface area contributed by atoms with Crippen LogP contribution in [0.4, 0.5) is 0 Å². The highest BCUT2D eigenvalue weighted by Gasteiger charge is 2.51. The van der Waals surface area contributed by atoms with Crippen LogP contribution in [0.1, 0.15) is 6.42 Å². The van der Waals surface area contributed by atoms with Crippen LogP contribution in [0.3, 0.4) is 0 Å². The molecule has 2 heteroatoms. The second-order valence-electron chi connectivity index (χ2n) is 9.01. The molecule has 4 aromatic carbocycles. The molecule has 0 radical (unpaired) electrons. The quantitative estimate of drug-likeness (QED) is 0.237. The minimum absolute atomic E-state index is 0.454. The standard InChI is InChI=1S/C31H28P2/c1-5-13-26(14-6-1)32(27-15-7-2-8-16-27)30-24-21-22-25(23-24)31(30)33(28-17-9-3-10-18-28)29-19-11-4-12-20-29/h1-22,24-25,30-31H,23H2/t24-,25?,30+,31?/m1/s1. The van der Waals surface area contributed by atoms with E-state index in [0.29, 0.717) is 23.2 Å². The molecule has 4 aromatic rings. The second-order valence-corrected chi connectivity index (χ2v) is 13.7. The zero-order valence-electron chi connectivity index (χ0n) is 18.6. The maximum atomic E-state index is 2.55. The largest absolute Gasteiger partial charge is 0.0844 e. The number of allylic oxidation sites excluding steroid dienone is 2. The van der Waals surface area contributed by atoms with E-state index in [0.717, 1.165) is 0 Å². The van der Waals surface area contributed by atoms with Crippen molar-refractivity contribution in [2.75, 3.05) is 0 Å². The molecule has 0 spiro atoms. The van der Waals surface area contributed by atoms with Crippen molar-refractivity contribution in [3.8, 4) is 0 Å².